The average Bonchev–Trinajstić information content (AvgIpc) is 3.30. The van der Waals surface area contributed by atoms with E-state index in [9.17, 15) is 18.0 Å². The predicted molar refractivity (Wildman–Crippen MR) is 136 cm³/mol. The Morgan fingerprint density at radius 1 is 0.914 bits per heavy atom. The molecule has 1 aromatic heterocycles. The second kappa shape index (κ2) is 8.58. The number of rotatable bonds is 4. The normalized spacial score (nSPS) is 15.6. The zero-order chi connectivity index (χ0) is 24.7. The lowest BCUT2D eigenvalue weighted by molar-refractivity contribution is -0.122. The fourth-order valence-corrected chi connectivity index (χ4v) is 4.61. The summed E-state index contributed by atoms with van der Waals surface area (Å²) in [6.07, 6.45) is 1.35. The van der Waals surface area contributed by atoms with E-state index in [0.29, 0.717) is 17.0 Å². The fourth-order valence-electron chi connectivity index (χ4n) is 3.82. The van der Waals surface area contributed by atoms with Gasteiger partial charge >= 0.3 is 0 Å². The quantitative estimate of drug-likeness (QED) is 0.249. The SMILES string of the molecule is NS(=O)(=O)c1ccc(-c2ccc(/C=C3/C(=O)NC(=S)N(c4cccc5ccccc45)C3=O)o2)cc1. The number of nitrogens with two attached hydrogens (primary N) is 1. The van der Waals surface area contributed by atoms with E-state index in [1.54, 1.807) is 30.3 Å². The summed E-state index contributed by atoms with van der Waals surface area (Å²) in [4.78, 5) is 27.3. The third-order valence-electron chi connectivity index (χ3n) is 5.49. The molecule has 8 nitrogen and oxygen atoms in total. The molecule has 5 rings (SSSR count). The van der Waals surface area contributed by atoms with Gasteiger partial charge in [0, 0.05) is 10.9 Å². The van der Waals surface area contributed by atoms with Crippen molar-refractivity contribution in [2.75, 3.05) is 4.90 Å². The van der Waals surface area contributed by atoms with E-state index in [4.69, 9.17) is 21.8 Å². The first-order valence-electron chi connectivity index (χ1n) is 10.3. The van der Waals surface area contributed by atoms with E-state index in [-0.39, 0.29) is 21.3 Å². The second-order valence-electron chi connectivity index (χ2n) is 7.73. The number of hydrogen-bond donors (Lipinski definition) is 2. The number of primary sulfonamides is 1. The molecule has 0 spiro atoms. The van der Waals surface area contributed by atoms with Crippen LogP contribution >= 0.6 is 12.2 Å². The number of carbonyl (C=O) groups is 2. The summed E-state index contributed by atoms with van der Waals surface area (Å²) in [7, 11) is -3.81. The molecule has 1 fully saturated rings. The number of furan rings is 1. The number of nitrogens with one attached hydrogen (secondary N) is 1. The first kappa shape index (κ1) is 22.7. The highest BCUT2D eigenvalue weighted by Crippen LogP contribution is 2.30. The van der Waals surface area contributed by atoms with E-state index < -0.39 is 21.8 Å². The molecule has 0 radical (unpaired) electrons. The Hall–Kier alpha value is -4.12. The van der Waals surface area contributed by atoms with Gasteiger partial charge in [0.25, 0.3) is 11.8 Å². The number of anilines is 1. The highest BCUT2D eigenvalue weighted by atomic mass is 32.2. The van der Waals surface area contributed by atoms with Crippen LogP contribution in [0.15, 0.2) is 93.7 Å². The number of fused-ring (bicyclic) bond motifs is 1. The van der Waals surface area contributed by atoms with Crippen molar-refractivity contribution in [3.63, 3.8) is 0 Å². The Bertz CT molecular complexity index is 1650. The Kier molecular flexibility index (Phi) is 5.56. The Labute approximate surface area is 205 Å². The molecule has 0 saturated carbocycles. The average molecular weight is 504 g/mol. The monoisotopic (exact) mass is 503 g/mol. The molecule has 0 bridgehead atoms. The molecule has 35 heavy (non-hydrogen) atoms. The van der Waals surface area contributed by atoms with Crippen LogP contribution in [-0.4, -0.2) is 25.3 Å². The van der Waals surface area contributed by atoms with Crippen molar-refractivity contribution in [1.29, 1.82) is 0 Å². The summed E-state index contributed by atoms with van der Waals surface area (Å²) in [6, 6.07) is 22.1. The molecule has 0 aliphatic carbocycles. The Balaban J connectivity index is 1.49. The van der Waals surface area contributed by atoms with E-state index in [1.807, 2.05) is 36.4 Å². The summed E-state index contributed by atoms with van der Waals surface area (Å²) < 4.78 is 28.7. The van der Waals surface area contributed by atoms with Gasteiger partial charge in [-0.05, 0) is 66.1 Å². The molecule has 1 saturated heterocycles. The molecule has 4 aromatic rings. The maximum atomic E-state index is 13.4. The summed E-state index contributed by atoms with van der Waals surface area (Å²) >= 11 is 5.32. The molecule has 174 valence electrons. The van der Waals surface area contributed by atoms with Crippen LogP contribution in [0.4, 0.5) is 5.69 Å². The molecule has 10 heteroatoms. The largest absolute Gasteiger partial charge is 0.457 e. The number of amides is 2. The Morgan fingerprint density at radius 2 is 1.63 bits per heavy atom. The maximum Gasteiger partial charge on any atom is 0.270 e. The number of nitrogens with zero attached hydrogens (tertiary/aromatic N) is 1. The van der Waals surface area contributed by atoms with Crippen molar-refractivity contribution >= 4 is 61.7 Å². The molecular formula is C25H17N3O5S2. The number of sulfonamides is 1. The van der Waals surface area contributed by atoms with Gasteiger partial charge in [0.1, 0.15) is 17.1 Å². The topological polar surface area (TPSA) is 123 Å². The molecule has 1 aliphatic rings. The van der Waals surface area contributed by atoms with Gasteiger partial charge < -0.3 is 4.42 Å². The number of carbonyl (C=O) groups excluding carboxylic acids is 2. The van der Waals surface area contributed by atoms with Crippen LogP contribution < -0.4 is 15.4 Å². The van der Waals surface area contributed by atoms with Crippen LogP contribution in [0.25, 0.3) is 28.2 Å². The van der Waals surface area contributed by atoms with Gasteiger partial charge in [0.15, 0.2) is 5.11 Å². The van der Waals surface area contributed by atoms with Crippen LogP contribution in [0.1, 0.15) is 5.76 Å². The van der Waals surface area contributed by atoms with Crippen molar-refractivity contribution in [1.82, 2.24) is 5.32 Å². The molecule has 1 aliphatic heterocycles. The minimum absolute atomic E-state index is 0.0106. The van der Waals surface area contributed by atoms with E-state index in [1.165, 1.54) is 23.1 Å². The maximum absolute atomic E-state index is 13.4. The highest BCUT2D eigenvalue weighted by Gasteiger charge is 2.35. The van der Waals surface area contributed by atoms with Crippen molar-refractivity contribution in [2.24, 2.45) is 5.14 Å². The minimum Gasteiger partial charge on any atom is -0.457 e. The van der Waals surface area contributed by atoms with E-state index in [0.717, 1.165) is 10.8 Å². The molecule has 0 unspecified atom stereocenters. The summed E-state index contributed by atoms with van der Waals surface area (Å²) in [5.41, 5.74) is 1.01. The first-order valence-corrected chi connectivity index (χ1v) is 12.3. The van der Waals surface area contributed by atoms with Crippen LogP contribution in [0.5, 0.6) is 0 Å². The van der Waals surface area contributed by atoms with Gasteiger partial charge in [0.05, 0.1) is 10.6 Å². The first-order chi connectivity index (χ1) is 16.7. The van der Waals surface area contributed by atoms with E-state index in [2.05, 4.69) is 5.32 Å². The summed E-state index contributed by atoms with van der Waals surface area (Å²) in [5, 5.41) is 9.42. The van der Waals surface area contributed by atoms with Crippen LogP contribution in [0.2, 0.25) is 0 Å². The van der Waals surface area contributed by atoms with Crippen molar-refractivity contribution < 1.29 is 22.4 Å². The van der Waals surface area contributed by atoms with Gasteiger partial charge in [-0.25, -0.2) is 13.6 Å². The molecule has 0 atom stereocenters. The van der Waals surface area contributed by atoms with Crippen LogP contribution in [0.3, 0.4) is 0 Å². The predicted octanol–water partition coefficient (Wildman–Crippen LogP) is 3.58. The lowest BCUT2D eigenvalue weighted by Gasteiger charge is -2.29. The molecule has 2 amide bonds. The standard InChI is InChI=1S/C25H17N3O5S2/c26-35(31,32)18-11-8-16(9-12-18)22-13-10-17(33-22)14-20-23(29)27-25(34)28(24(20)30)21-7-3-5-15-4-1-2-6-19(15)21/h1-14H,(H2,26,31,32)(H,27,29,34)/b20-14-. The zero-order valence-corrected chi connectivity index (χ0v) is 19.6. The fraction of sp³-hybridized carbons (Fsp3) is 0. The molecule has 3 N–H and O–H groups in total. The van der Waals surface area contributed by atoms with Crippen LogP contribution in [-0.2, 0) is 19.6 Å². The molecular weight excluding hydrogens is 486 g/mol. The van der Waals surface area contributed by atoms with Gasteiger partial charge in [0.2, 0.25) is 10.0 Å². The number of benzene rings is 3. The Morgan fingerprint density at radius 3 is 2.37 bits per heavy atom. The zero-order valence-electron chi connectivity index (χ0n) is 18.0. The lowest BCUT2D eigenvalue weighted by Crippen LogP contribution is -2.54. The third kappa shape index (κ3) is 4.26. The number of hydrogen-bond acceptors (Lipinski definition) is 6. The van der Waals surface area contributed by atoms with E-state index >= 15 is 0 Å². The van der Waals surface area contributed by atoms with Gasteiger partial charge in [-0.2, -0.15) is 0 Å². The highest BCUT2D eigenvalue weighted by molar-refractivity contribution is 7.89. The van der Waals surface area contributed by atoms with Gasteiger partial charge in [-0.15, -0.1) is 0 Å². The number of thiocarbonyl (C=S) groups is 1. The van der Waals surface area contributed by atoms with Gasteiger partial charge in [-0.3, -0.25) is 19.8 Å². The lowest BCUT2D eigenvalue weighted by atomic mass is 10.1. The summed E-state index contributed by atoms with van der Waals surface area (Å²) in [6.45, 7) is 0. The van der Waals surface area contributed by atoms with Crippen LogP contribution in [0, 0.1) is 0 Å². The smallest absolute Gasteiger partial charge is 0.270 e. The third-order valence-corrected chi connectivity index (χ3v) is 6.70. The summed E-state index contributed by atoms with van der Waals surface area (Å²) in [5.74, 6) is -0.528. The molecule has 3 aromatic carbocycles. The van der Waals surface area contributed by atoms with Crippen molar-refractivity contribution in [3.05, 3.63) is 90.2 Å². The van der Waals surface area contributed by atoms with Crippen molar-refractivity contribution in [3.8, 4) is 11.3 Å². The van der Waals surface area contributed by atoms with Gasteiger partial charge in [-0.1, -0.05) is 36.4 Å². The van der Waals surface area contributed by atoms with Crippen molar-refractivity contribution in [2.45, 2.75) is 4.90 Å². The second-order valence-corrected chi connectivity index (χ2v) is 9.68. The minimum atomic E-state index is -3.81. The molecule has 2 heterocycles.